The van der Waals surface area contributed by atoms with E-state index in [0.717, 1.165) is 0 Å². The van der Waals surface area contributed by atoms with Gasteiger partial charge in [0.25, 0.3) is 0 Å². The fourth-order valence-corrected chi connectivity index (χ4v) is 2.46. The Kier molecular flexibility index (Phi) is 11.4. The van der Waals surface area contributed by atoms with E-state index < -0.39 is 78.5 Å². The molecule has 0 saturated carbocycles. The summed E-state index contributed by atoms with van der Waals surface area (Å²) in [4.78, 5) is 69.9. The molecule has 13 nitrogen and oxygen atoms in total. The highest BCUT2D eigenvalue weighted by molar-refractivity contribution is 7.80. The van der Waals surface area contributed by atoms with Crippen LogP contribution >= 0.6 is 12.6 Å². The quantitative estimate of drug-likeness (QED) is 0.132. The Labute approximate surface area is 177 Å². The van der Waals surface area contributed by atoms with Gasteiger partial charge in [0.1, 0.15) is 18.1 Å². The van der Waals surface area contributed by atoms with Crippen molar-refractivity contribution in [2.75, 3.05) is 5.75 Å². The summed E-state index contributed by atoms with van der Waals surface area (Å²) in [6, 6.07) is -5.54. The van der Waals surface area contributed by atoms with Crippen molar-refractivity contribution in [2.24, 2.45) is 17.4 Å². The van der Waals surface area contributed by atoms with Crippen molar-refractivity contribution in [2.45, 2.75) is 50.9 Å². The van der Waals surface area contributed by atoms with E-state index in [1.165, 1.54) is 0 Å². The van der Waals surface area contributed by atoms with Crippen LogP contribution in [-0.4, -0.2) is 75.7 Å². The van der Waals surface area contributed by atoms with Crippen molar-refractivity contribution in [1.82, 2.24) is 16.0 Å². The number of carbonyl (C=O) groups is 6. The van der Waals surface area contributed by atoms with Crippen LogP contribution in [0.4, 0.5) is 0 Å². The highest BCUT2D eigenvalue weighted by atomic mass is 32.1. The van der Waals surface area contributed by atoms with Crippen LogP contribution in [0.1, 0.15) is 26.7 Å². The number of carbonyl (C=O) groups excluding carboxylic acids is 4. The molecule has 0 aromatic rings. The molecule has 0 aliphatic rings. The Morgan fingerprint density at radius 1 is 0.867 bits per heavy atom. The Morgan fingerprint density at radius 3 is 1.80 bits per heavy atom. The van der Waals surface area contributed by atoms with Crippen molar-refractivity contribution >= 4 is 48.2 Å². The first-order chi connectivity index (χ1) is 13.8. The maximum atomic E-state index is 12.6. The number of aliphatic carboxylic acids is 2. The van der Waals surface area contributed by atoms with Crippen LogP contribution in [0, 0.1) is 5.92 Å². The molecule has 0 aromatic carbocycles. The van der Waals surface area contributed by atoms with Crippen molar-refractivity contribution in [3.05, 3.63) is 0 Å². The molecule has 0 saturated heterocycles. The third-order valence-corrected chi connectivity index (χ3v) is 4.18. The number of primary amides is 1. The van der Waals surface area contributed by atoms with E-state index in [2.05, 4.69) is 28.6 Å². The summed E-state index contributed by atoms with van der Waals surface area (Å²) >= 11 is 3.79. The normalized spacial score (nSPS) is 14.7. The van der Waals surface area contributed by atoms with E-state index in [-0.39, 0.29) is 5.75 Å². The van der Waals surface area contributed by atoms with Crippen LogP contribution in [-0.2, 0) is 28.8 Å². The van der Waals surface area contributed by atoms with Crippen LogP contribution in [0.25, 0.3) is 0 Å². The fourth-order valence-electron chi connectivity index (χ4n) is 2.21. The van der Waals surface area contributed by atoms with Gasteiger partial charge < -0.3 is 37.6 Å². The number of hydrogen-bond donors (Lipinski definition) is 8. The van der Waals surface area contributed by atoms with E-state index in [4.69, 9.17) is 21.7 Å². The van der Waals surface area contributed by atoms with Gasteiger partial charge in [0.2, 0.25) is 23.6 Å². The lowest BCUT2D eigenvalue weighted by molar-refractivity contribution is -0.143. The molecule has 0 bridgehead atoms. The molecule has 4 unspecified atom stereocenters. The second-order valence-electron chi connectivity index (χ2n) is 6.75. The van der Waals surface area contributed by atoms with Gasteiger partial charge in [0.05, 0.1) is 18.9 Å². The number of carboxylic acids is 2. The minimum absolute atomic E-state index is 0.267. The average Bonchev–Trinajstić information content (AvgIpc) is 2.61. The van der Waals surface area contributed by atoms with Crippen molar-refractivity contribution < 1.29 is 39.0 Å². The van der Waals surface area contributed by atoms with Gasteiger partial charge in [0, 0.05) is 5.75 Å². The molecule has 0 spiro atoms. The Bertz CT molecular complexity index is 687. The van der Waals surface area contributed by atoms with Gasteiger partial charge >= 0.3 is 11.9 Å². The van der Waals surface area contributed by atoms with Crippen molar-refractivity contribution in [1.29, 1.82) is 0 Å². The van der Waals surface area contributed by atoms with Crippen molar-refractivity contribution in [3.63, 3.8) is 0 Å². The van der Waals surface area contributed by atoms with Gasteiger partial charge in [-0.1, -0.05) is 13.8 Å². The Hall–Kier alpha value is -2.87. The highest BCUT2D eigenvalue weighted by Crippen LogP contribution is 2.05. The zero-order valence-electron chi connectivity index (χ0n) is 16.5. The smallest absolute Gasteiger partial charge is 0.327 e. The van der Waals surface area contributed by atoms with Gasteiger partial charge in [0.15, 0.2) is 0 Å². The largest absolute Gasteiger partial charge is 0.481 e. The van der Waals surface area contributed by atoms with E-state index in [9.17, 15) is 28.8 Å². The molecule has 14 heteroatoms. The monoisotopic (exact) mass is 449 g/mol. The van der Waals surface area contributed by atoms with E-state index in [1.54, 1.807) is 13.8 Å². The van der Waals surface area contributed by atoms with Gasteiger partial charge in [-0.15, -0.1) is 0 Å². The molecule has 9 N–H and O–H groups in total. The number of nitrogens with two attached hydrogens (primary N) is 2. The number of rotatable bonds is 13. The van der Waals surface area contributed by atoms with Crippen LogP contribution in [0.3, 0.4) is 0 Å². The first-order valence-electron chi connectivity index (χ1n) is 8.80. The van der Waals surface area contributed by atoms with Crippen molar-refractivity contribution in [3.8, 4) is 0 Å². The van der Waals surface area contributed by atoms with E-state index >= 15 is 0 Å². The van der Waals surface area contributed by atoms with Crippen LogP contribution in [0.5, 0.6) is 0 Å². The summed E-state index contributed by atoms with van der Waals surface area (Å²) in [7, 11) is 0. The lowest BCUT2D eigenvalue weighted by Gasteiger charge is -2.26. The lowest BCUT2D eigenvalue weighted by atomic mass is 10.0. The molecule has 0 aliphatic heterocycles. The summed E-state index contributed by atoms with van der Waals surface area (Å²) in [5.74, 6) is -7.21. The molecule has 4 atom stereocenters. The zero-order chi connectivity index (χ0) is 23.6. The van der Waals surface area contributed by atoms with Gasteiger partial charge in [-0.25, -0.2) is 4.79 Å². The standard InChI is InChI=1S/C16H27N5O8S/c1-6(2)12(21-13(25)7(17)3-10(18)22)15(27)19-8(4-11(23)24)14(26)20-9(5-30)16(28)29/h6-9,12,30H,3-5,17H2,1-2H3,(H2,18,22)(H,19,27)(H,20,26)(H,21,25)(H,23,24)(H,28,29). The summed E-state index contributed by atoms with van der Waals surface area (Å²) in [5, 5.41) is 24.6. The summed E-state index contributed by atoms with van der Waals surface area (Å²) < 4.78 is 0. The summed E-state index contributed by atoms with van der Waals surface area (Å²) in [5.41, 5.74) is 10.5. The Balaban J connectivity index is 5.37. The fraction of sp³-hybridized carbons (Fsp3) is 0.625. The number of thiol groups is 1. The minimum atomic E-state index is -1.62. The average molecular weight is 449 g/mol. The maximum absolute atomic E-state index is 12.6. The molecule has 0 aliphatic carbocycles. The molecule has 170 valence electrons. The lowest BCUT2D eigenvalue weighted by Crippen LogP contribution is -2.59. The SMILES string of the molecule is CC(C)C(NC(=O)C(N)CC(N)=O)C(=O)NC(CC(=O)O)C(=O)NC(CS)C(=O)O. The van der Waals surface area contributed by atoms with E-state index in [1.807, 2.05) is 0 Å². The number of carboxylic acid groups (broad SMARTS) is 2. The molecule has 0 rings (SSSR count). The Morgan fingerprint density at radius 2 is 1.40 bits per heavy atom. The predicted molar refractivity (Wildman–Crippen MR) is 106 cm³/mol. The van der Waals surface area contributed by atoms with E-state index in [0.29, 0.717) is 0 Å². The molecular weight excluding hydrogens is 422 g/mol. The highest BCUT2D eigenvalue weighted by Gasteiger charge is 2.32. The molecule has 0 fully saturated rings. The topological polar surface area (TPSA) is 231 Å². The second kappa shape index (κ2) is 12.6. The number of nitrogens with one attached hydrogen (secondary N) is 3. The molecule has 4 amide bonds. The third kappa shape index (κ3) is 9.56. The van der Waals surface area contributed by atoms with Crippen LogP contribution in [0.2, 0.25) is 0 Å². The first-order valence-corrected chi connectivity index (χ1v) is 9.43. The molecular formula is C16H27N5O8S. The van der Waals surface area contributed by atoms with Crippen LogP contribution < -0.4 is 27.4 Å². The molecule has 0 heterocycles. The number of hydrogen-bond acceptors (Lipinski definition) is 8. The summed E-state index contributed by atoms with van der Waals surface area (Å²) in [6.45, 7) is 3.13. The second-order valence-corrected chi connectivity index (χ2v) is 7.11. The zero-order valence-corrected chi connectivity index (χ0v) is 17.3. The molecule has 30 heavy (non-hydrogen) atoms. The molecule has 0 aromatic heterocycles. The maximum Gasteiger partial charge on any atom is 0.327 e. The number of amides is 4. The predicted octanol–water partition coefficient (Wildman–Crippen LogP) is -3.21. The third-order valence-electron chi connectivity index (χ3n) is 3.81. The molecule has 0 radical (unpaired) electrons. The van der Waals surface area contributed by atoms with Gasteiger partial charge in [-0.3, -0.25) is 24.0 Å². The summed E-state index contributed by atoms with van der Waals surface area (Å²) in [6.07, 6.45) is -1.29. The van der Waals surface area contributed by atoms with Gasteiger partial charge in [-0.2, -0.15) is 12.6 Å². The minimum Gasteiger partial charge on any atom is -0.481 e. The van der Waals surface area contributed by atoms with Crippen LogP contribution in [0.15, 0.2) is 0 Å². The van der Waals surface area contributed by atoms with Gasteiger partial charge in [-0.05, 0) is 5.92 Å². The first kappa shape index (κ1) is 27.1.